The van der Waals surface area contributed by atoms with Gasteiger partial charge in [-0.05, 0) is 61.7 Å². The number of carbonyl (C=O) groups excluding carboxylic acids is 1. The molecule has 0 radical (unpaired) electrons. The predicted octanol–water partition coefficient (Wildman–Crippen LogP) is 3.74. The zero-order chi connectivity index (χ0) is 16.4. The first-order valence-corrected chi connectivity index (χ1v) is 9.30. The van der Waals surface area contributed by atoms with E-state index >= 15 is 0 Å². The zero-order valence-electron chi connectivity index (χ0n) is 14.3. The Hall–Kier alpha value is -1.07. The molecule has 0 unspecified atom stereocenters. The van der Waals surface area contributed by atoms with Crippen molar-refractivity contribution in [3.05, 3.63) is 11.6 Å². The Morgan fingerprint density at radius 2 is 1.87 bits per heavy atom. The smallest absolute Gasteiger partial charge is 0.139 e. The maximum atomic E-state index is 12.4. The Morgan fingerprint density at radius 3 is 2.61 bits per heavy atom. The maximum Gasteiger partial charge on any atom is 0.139 e. The van der Waals surface area contributed by atoms with Crippen molar-refractivity contribution >= 4 is 5.78 Å². The van der Waals surface area contributed by atoms with Crippen molar-refractivity contribution in [3.8, 4) is 12.3 Å². The molecular formula is C21H28O2. The lowest BCUT2D eigenvalue weighted by Gasteiger charge is -2.57. The average molecular weight is 312 g/mol. The van der Waals surface area contributed by atoms with Gasteiger partial charge in [-0.15, -0.1) is 6.42 Å². The first-order chi connectivity index (χ1) is 10.9. The first-order valence-electron chi connectivity index (χ1n) is 9.30. The highest BCUT2D eigenvalue weighted by Gasteiger charge is 2.59. The van der Waals surface area contributed by atoms with Gasteiger partial charge in [0, 0.05) is 11.8 Å². The monoisotopic (exact) mass is 312 g/mol. The van der Waals surface area contributed by atoms with Gasteiger partial charge in [-0.3, -0.25) is 4.79 Å². The molecule has 0 aromatic rings. The Labute approximate surface area is 139 Å². The van der Waals surface area contributed by atoms with Crippen molar-refractivity contribution in [3.63, 3.8) is 0 Å². The van der Waals surface area contributed by atoms with E-state index in [0.29, 0.717) is 23.5 Å². The highest BCUT2D eigenvalue weighted by atomic mass is 16.3. The third-order valence-electron chi connectivity index (χ3n) is 8.09. The lowest BCUT2D eigenvalue weighted by Crippen LogP contribution is -2.52. The van der Waals surface area contributed by atoms with Crippen LogP contribution < -0.4 is 0 Å². The second-order valence-corrected chi connectivity index (χ2v) is 8.86. The topological polar surface area (TPSA) is 37.3 Å². The quantitative estimate of drug-likeness (QED) is 0.546. The molecule has 0 heterocycles. The number of carbonyl (C=O) groups is 1. The summed E-state index contributed by atoms with van der Waals surface area (Å²) in [7, 11) is 0. The molecule has 0 aromatic heterocycles. The van der Waals surface area contributed by atoms with Gasteiger partial charge in [0.1, 0.15) is 5.78 Å². The fourth-order valence-corrected chi connectivity index (χ4v) is 6.72. The van der Waals surface area contributed by atoms with E-state index in [9.17, 15) is 9.90 Å². The lowest BCUT2D eigenvalue weighted by molar-refractivity contribution is -0.132. The minimum atomic E-state index is -0.377. The number of fused-ring (bicyclic) bond motifs is 5. The number of ketones is 1. The van der Waals surface area contributed by atoms with E-state index in [1.807, 2.05) is 0 Å². The fraction of sp³-hybridized carbons (Fsp3) is 0.762. The Kier molecular flexibility index (Phi) is 3.34. The first kappa shape index (κ1) is 15.5. The summed E-state index contributed by atoms with van der Waals surface area (Å²) in [5.41, 5.74) is 1.39. The molecule has 4 rings (SSSR count). The van der Waals surface area contributed by atoms with Crippen molar-refractivity contribution in [1.29, 1.82) is 0 Å². The molecular weight excluding hydrogens is 284 g/mol. The summed E-state index contributed by atoms with van der Waals surface area (Å²) >= 11 is 0. The van der Waals surface area contributed by atoms with Crippen LogP contribution in [0.5, 0.6) is 0 Å². The van der Waals surface area contributed by atoms with Crippen molar-refractivity contribution in [1.82, 2.24) is 0 Å². The highest BCUT2D eigenvalue weighted by molar-refractivity contribution is 5.87. The van der Waals surface area contributed by atoms with E-state index < -0.39 is 0 Å². The lowest BCUT2D eigenvalue weighted by atomic mass is 9.47. The predicted molar refractivity (Wildman–Crippen MR) is 90.4 cm³/mol. The number of aliphatic hydroxyl groups excluding tert-OH is 1. The van der Waals surface area contributed by atoms with E-state index in [2.05, 4.69) is 25.8 Å². The molecule has 1 N–H and O–H groups in total. The van der Waals surface area contributed by atoms with Gasteiger partial charge in [-0.25, -0.2) is 0 Å². The van der Waals surface area contributed by atoms with Gasteiger partial charge in [0.2, 0.25) is 0 Å². The van der Waals surface area contributed by atoms with Crippen LogP contribution in [0.1, 0.15) is 58.8 Å². The maximum absolute atomic E-state index is 12.4. The van der Waals surface area contributed by atoms with E-state index in [-0.39, 0.29) is 22.9 Å². The number of aliphatic hydroxyl groups is 1. The van der Waals surface area contributed by atoms with Crippen LogP contribution in [-0.2, 0) is 4.79 Å². The minimum absolute atomic E-state index is 0.0669. The molecule has 0 amide bonds. The molecule has 0 saturated heterocycles. The summed E-state index contributed by atoms with van der Waals surface area (Å²) in [6.45, 7) is 4.60. The minimum Gasteiger partial charge on any atom is -0.391 e. The summed E-state index contributed by atoms with van der Waals surface area (Å²) < 4.78 is 0. The van der Waals surface area contributed by atoms with Crippen LogP contribution in [-0.4, -0.2) is 17.0 Å². The van der Waals surface area contributed by atoms with Crippen LogP contribution in [0.25, 0.3) is 0 Å². The Morgan fingerprint density at radius 1 is 1.17 bits per heavy atom. The largest absolute Gasteiger partial charge is 0.391 e. The summed E-state index contributed by atoms with van der Waals surface area (Å²) in [4.78, 5) is 12.4. The molecule has 4 aliphatic carbocycles. The van der Waals surface area contributed by atoms with Crippen LogP contribution >= 0.6 is 0 Å². The average Bonchev–Trinajstić information content (AvgIpc) is 2.83. The van der Waals surface area contributed by atoms with E-state index in [1.165, 1.54) is 5.57 Å². The van der Waals surface area contributed by atoms with Crippen molar-refractivity contribution in [2.45, 2.75) is 64.9 Å². The summed E-state index contributed by atoms with van der Waals surface area (Å²) in [6.07, 6.45) is 14.7. The number of hydrogen-bond donors (Lipinski definition) is 1. The summed E-state index contributed by atoms with van der Waals surface area (Å²) in [6, 6.07) is 0. The van der Waals surface area contributed by atoms with Gasteiger partial charge in [-0.1, -0.05) is 31.4 Å². The third-order valence-corrected chi connectivity index (χ3v) is 8.09. The standard InChI is InChI=1S/C21H28O2/c1-4-13-15-6-5-14-16-7-8-19(23)21(16,3)11-9-17(14)20(15,2)12-10-18(13)22/h1,6,13-14,16-18,22H,5,7-12H2,2-3H3/t13-,14-,16-,17-,18-,20-,21-/m0/s1. The molecule has 124 valence electrons. The van der Waals surface area contributed by atoms with Crippen LogP contribution in [0.4, 0.5) is 0 Å². The number of allylic oxidation sites excluding steroid dienone is 1. The molecule has 4 aliphatic rings. The number of rotatable bonds is 0. The highest BCUT2D eigenvalue weighted by Crippen LogP contribution is 2.64. The fourth-order valence-electron chi connectivity index (χ4n) is 6.72. The molecule has 23 heavy (non-hydrogen) atoms. The molecule has 0 spiro atoms. The third kappa shape index (κ3) is 1.89. The Bertz CT molecular complexity index is 612. The van der Waals surface area contributed by atoms with Gasteiger partial charge >= 0.3 is 0 Å². The number of terminal acetylenes is 1. The summed E-state index contributed by atoms with van der Waals surface area (Å²) in [5.74, 6) is 5.08. The number of hydrogen-bond acceptors (Lipinski definition) is 2. The molecule has 3 saturated carbocycles. The number of Topliss-reactive ketones (excluding diaryl/α,β-unsaturated/α-hetero) is 1. The van der Waals surface area contributed by atoms with Gasteiger partial charge in [-0.2, -0.15) is 0 Å². The Balaban J connectivity index is 1.73. The SMILES string of the molecule is C#C[C@H]1C2=CC[C@@H]3[C@H](CC[C@]4(C)C(=O)CC[C@@H]34)[C@@]2(C)CC[C@@H]1O. The van der Waals surface area contributed by atoms with Crippen LogP contribution in [0, 0.1) is 46.8 Å². The molecule has 3 fully saturated rings. The zero-order valence-corrected chi connectivity index (χ0v) is 14.3. The molecule has 2 nitrogen and oxygen atoms in total. The molecule has 2 heteroatoms. The van der Waals surface area contributed by atoms with Crippen molar-refractivity contribution in [2.75, 3.05) is 0 Å². The normalized spacial score (nSPS) is 52.0. The molecule has 7 atom stereocenters. The second-order valence-electron chi connectivity index (χ2n) is 8.86. The van der Waals surface area contributed by atoms with Gasteiger partial charge in [0.05, 0.1) is 12.0 Å². The van der Waals surface area contributed by atoms with Gasteiger partial charge < -0.3 is 5.11 Å². The molecule has 0 aromatic carbocycles. The van der Waals surface area contributed by atoms with Gasteiger partial charge in [0.25, 0.3) is 0 Å². The van der Waals surface area contributed by atoms with E-state index in [1.54, 1.807) is 0 Å². The molecule has 0 bridgehead atoms. The summed E-state index contributed by atoms with van der Waals surface area (Å²) in [5, 5.41) is 10.3. The van der Waals surface area contributed by atoms with Crippen molar-refractivity contribution < 1.29 is 9.90 Å². The van der Waals surface area contributed by atoms with E-state index in [0.717, 1.165) is 44.9 Å². The van der Waals surface area contributed by atoms with Crippen LogP contribution in [0.3, 0.4) is 0 Å². The second kappa shape index (κ2) is 4.96. The molecule has 0 aliphatic heterocycles. The van der Waals surface area contributed by atoms with E-state index in [4.69, 9.17) is 6.42 Å². The van der Waals surface area contributed by atoms with Crippen LogP contribution in [0.2, 0.25) is 0 Å². The van der Waals surface area contributed by atoms with Crippen molar-refractivity contribution in [2.24, 2.45) is 34.5 Å². The van der Waals surface area contributed by atoms with Crippen LogP contribution in [0.15, 0.2) is 11.6 Å². The van der Waals surface area contributed by atoms with Gasteiger partial charge in [0.15, 0.2) is 0 Å².